The largest absolute Gasteiger partial charge is 0.359 e. The number of thiocarbonyl (C=S) groups is 1. The first-order valence-corrected chi connectivity index (χ1v) is 4.01. The van der Waals surface area contributed by atoms with Gasteiger partial charge < -0.3 is 10.7 Å². The van der Waals surface area contributed by atoms with E-state index in [0.717, 1.165) is 0 Å². The van der Waals surface area contributed by atoms with Crippen LogP contribution in [-0.4, -0.2) is 11.2 Å². The van der Waals surface area contributed by atoms with Gasteiger partial charge in [-0.3, -0.25) is 0 Å². The van der Waals surface area contributed by atoms with E-state index in [1.54, 1.807) is 0 Å². The van der Waals surface area contributed by atoms with Crippen LogP contribution in [0.5, 0.6) is 0 Å². The zero-order valence-electron chi connectivity index (χ0n) is 5.89. The minimum Gasteiger partial charge on any atom is -0.359 e. The summed E-state index contributed by atoms with van der Waals surface area (Å²) in [5.74, 6) is 5.10. The van der Waals surface area contributed by atoms with Crippen LogP contribution in [0.3, 0.4) is 0 Å². The monoisotopic (exact) mass is 159 g/mol. The minimum atomic E-state index is 0.559. The van der Waals surface area contributed by atoms with Crippen molar-refractivity contribution >= 4 is 17.3 Å². The first-order valence-electron chi connectivity index (χ1n) is 3.60. The highest BCUT2D eigenvalue weighted by Gasteiger charge is 2.14. The number of hydrazine groups is 1. The summed E-state index contributed by atoms with van der Waals surface area (Å²) >= 11 is 4.84. The molecule has 0 bridgehead atoms. The predicted octanol–water partition coefficient (Wildman–Crippen LogP) is 0.267. The highest BCUT2D eigenvalue weighted by molar-refractivity contribution is 7.80. The van der Waals surface area contributed by atoms with E-state index in [2.05, 4.69) is 10.7 Å². The lowest BCUT2D eigenvalue weighted by atomic mass is 10.3. The van der Waals surface area contributed by atoms with Crippen molar-refractivity contribution in [3.8, 4) is 0 Å². The van der Waals surface area contributed by atoms with Crippen LogP contribution in [0.25, 0.3) is 0 Å². The topological polar surface area (TPSA) is 50.1 Å². The van der Waals surface area contributed by atoms with Crippen LogP contribution in [0.15, 0.2) is 0 Å². The van der Waals surface area contributed by atoms with Crippen molar-refractivity contribution in [2.24, 2.45) is 5.84 Å². The van der Waals surface area contributed by atoms with E-state index in [-0.39, 0.29) is 0 Å². The van der Waals surface area contributed by atoms with Crippen LogP contribution < -0.4 is 16.6 Å². The van der Waals surface area contributed by atoms with Crippen molar-refractivity contribution in [3.05, 3.63) is 0 Å². The van der Waals surface area contributed by atoms with Crippen molar-refractivity contribution in [2.45, 2.75) is 31.7 Å². The molecule has 3 nitrogen and oxygen atoms in total. The smallest absolute Gasteiger partial charge is 0.180 e. The Morgan fingerprint density at radius 3 is 2.50 bits per heavy atom. The maximum Gasteiger partial charge on any atom is 0.180 e. The molecule has 4 N–H and O–H groups in total. The molecule has 0 aromatic heterocycles. The van der Waals surface area contributed by atoms with E-state index in [1.165, 1.54) is 25.7 Å². The van der Waals surface area contributed by atoms with E-state index in [4.69, 9.17) is 18.1 Å². The summed E-state index contributed by atoms with van der Waals surface area (Å²) in [7, 11) is 0. The average Bonchev–Trinajstić information content (AvgIpc) is 2.40. The second-order valence-corrected chi connectivity index (χ2v) is 3.01. The summed E-state index contributed by atoms with van der Waals surface area (Å²) in [5.41, 5.74) is 2.41. The number of nitrogens with one attached hydrogen (secondary N) is 2. The number of hydrogen-bond acceptors (Lipinski definition) is 2. The van der Waals surface area contributed by atoms with Gasteiger partial charge in [0, 0.05) is 6.04 Å². The Morgan fingerprint density at radius 1 is 1.40 bits per heavy atom. The Bertz CT molecular complexity index is 120. The van der Waals surface area contributed by atoms with Gasteiger partial charge in [-0.05, 0) is 25.1 Å². The Labute approximate surface area is 66.3 Å². The van der Waals surface area contributed by atoms with Gasteiger partial charge in [-0.25, -0.2) is 5.84 Å². The molecule has 0 spiro atoms. The summed E-state index contributed by atoms with van der Waals surface area (Å²) in [6.45, 7) is 0. The summed E-state index contributed by atoms with van der Waals surface area (Å²) in [6.07, 6.45) is 5.07. The van der Waals surface area contributed by atoms with Crippen LogP contribution in [0.2, 0.25) is 0 Å². The van der Waals surface area contributed by atoms with Gasteiger partial charge in [-0.1, -0.05) is 12.8 Å². The zero-order valence-corrected chi connectivity index (χ0v) is 6.71. The molecule has 0 heterocycles. The molecule has 1 rings (SSSR count). The van der Waals surface area contributed by atoms with Crippen molar-refractivity contribution in [1.82, 2.24) is 10.7 Å². The predicted molar refractivity (Wildman–Crippen MR) is 45.3 cm³/mol. The first kappa shape index (κ1) is 7.75. The fourth-order valence-electron chi connectivity index (χ4n) is 1.30. The second kappa shape index (κ2) is 3.73. The van der Waals surface area contributed by atoms with Crippen LogP contribution in [0.4, 0.5) is 0 Å². The van der Waals surface area contributed by atoms with Crippen LogP contribution in [-0.2, 0) is 0 Å². The van der Waals surface area contributed by atoms with Gasteiger partial charge in [0.15, 0.2) is 5.11 Å². The number of hydrogen-bond donors (Lipinski definition) is 3. The van der Waals surface area contributed by atoms with Crippen molar-refractivity contribution < 1.29 is 0 Å². The van der Waals surface area contributed by atoms with E-state index >= 15 is 0 Å². The highest BCUT2D eigenvalue weighted by atomic mass is 32.1. The van der Waals surface area contributed by atoms with Gasteiger partial charge in [-0.15, -0.1) is 0 Å². The van der Waals surface area contributed by atoms with E-state index in [0.29, 0.717) is 11.2 Å². The molecule has 1 aliphatic rings. The number of rotatable bonds is 1. The van der Waals surface area contributed by atoms with Gasteiger partial charge >= 0.3 is 0 Å². The van der Waals surface area contributed by atoms with Crippen LogP contribution in [0.1, 0.15) is 25.7 Å². The Balaban J connectivity index is 2.17. The normalized spacial score (nSPS) is 18.9. The molecule has 0 aromatic carbocycles. The third-order valence-electron chi connectivity index (χ3n) is 1.82. The second-order valence-electron chi connectivity index (χ2n) is 2.60. The molecule has 0 saturated heterocycles. The molecule has 1 aliphatic carbocycles. The Kier molecular flexibility index (Phi) is 2.89. The minimum absolute atomic E-state index is 0.559. The molecular formula is C6H13N3S. The fraction of sp³-hybridized carbons (Fsp3) is 0.833. The van der Waals surface area contributed by atoms with Crippen LogP contribution in [0, 0.1) is 0 Å². The van der Waals surface area contributed by atoms with Crippen molar-refractivity contribution in [3.63, 3.8) is 0 Å². The van der Waals surface area contributed by atoms with Gasteiger partial charge in [0.25, 0.3) is 0 Å². The molecule has 1 fully saturated rings. The lowest BCUT2D eigenvalue weighted by Crippen LogP contribution is -2.43. The molecule has 58 valence electrons. The maximum atomic E-state index is 5.10. The van der Waals surface area contributed by atoms with Gasteiger partial charge in [0.05, 0.1) is 0 Å². The van der Waals surface area contributed by atoms with Crippen molar-refractivity contribution in [1.29, 1.82) is 0 Å². The molecule has 0 radical (unpaired) electrons. The van der Waals surface area contributed by atoms with Gasteiger partial charge in [0.2, 0.25) is 0 Å². The lowest BCUT2D eigenvalue weighted by Gasteiger charge is -2.12. The van der Waals surface area contributed by atoms with Gasteiger partial charge in [0.1, 0.15) is 0 Å². The molecule has 10 heavy (non-hydrogen) atoms. The molecular weight excluding hydrogens is 146 g/mol. The fourth-order valence-corrected chi connectivity index (χ4v) is 1.46. The Hall–Kier alpha value is -0.350. The standard InChI is InChI=1S/C6H13N3S/c7-9-6(10)8-5-3-1-2-4-5/h5H,1-4,7H2,(H2,8,9,10). The molecule has 0 aliphatic heterocycles. The maximum absolute atomic E-state index is 5.10. The molecule has 0 unspecified atom stereocenters. The SMILES string of the molecule is NNC(=S)NC1CCCC1. The third kappa shape index (κ3) is 2.11. The van der Waals surface area contributed by atoms with E-state index in [9.17, 15) is 0 Å². The molecule has 4 heteroatoms. The Morgan fingerprint density at radius 2 is 2.00 bits per heavy atom. The first-order chi connectivity index (χ1) is 4.83. The van der Waals surface area contributed by atoms with Crippen LogP contribution >= 0.6 is 12.2 Å². The molecule has 0 atom stereocenters. The highest BCUT2D eigenvalue weighted by Crippen LogP contribution is 2.17. The molecule has 0 amide bonds. The summed E-state index contributed by atoms with van der Waals surface area (Å²) in [6, 6.07) is 0.559. The van der Waals surface area contributed by atoms with E-state index in [1.807, 2.05) is 0 Å². The summed E-state index contributed by atoms with van der Waals surface area (Å²) in [5, 5.41) is 3.69. The molecule has 0 aromatic rings. The summed E-state index contributed by atoms with van der Waals surface area (Å²) < 4.78 is 0. The third-order valence-corrected chi connectivity index (χ3v) is 2.06. The quantitative estimate of drug-likeness (QED) is 0.292. The van der Waals surface area contributed by atoms with Crippen molar-refractivity contribution in [2.75, 3.05) is 0 Å². The average molecular weight is 159 g/mol. The molecule has 1 saturated carbocycles. The van der Waals surface area contributed by atoms with Gasteiger partial charge in [-0.2, -0.15) is 0 Å². The van der Waals surface area contributed by atoms with E-state index < -0.39 is 0 Å². The number of nitrogens with two attached hydrogens (primary N) is 1. The summed E-state index contributed by atoms with van der Waals surface area (Å²) in [4.78, 5) is 0. The zero-order chi connectivity index (χ0) is 7.40. The lowest BCUT2D eigenvalue weighted by molar-refractivity contribution is 0.623.